The van der Waals surface area contributed by atoms with Crippen LogP contribution in [-0.4, -0.2) is 62.7 Å². The van der Waals surface area contributed by atoms with Crippen LogP contribution in [-0.2, 0) is 17.9 Å². The Morgan fingerprint density at radius 1 is 1.13 bits per heavy atom. The number of hydrogen-bond acceptors (Lipinski definition) is 6. The summed E-state index contributed by atoms with van der Waals surface area (Å²) in [5.41, 5.74) is 3.02. The zero-order chi connectivity index (χ0) is 20.8. The Balaban J connectivity index is 1.37. The van der Waals surface area contributed by atoms with Crippen LogP contribution in [0, 0.1) is 0 Å². The van der Waals surface area contributed by atoms with Gasteiger partial charge in [0.2, 0.25) is 5.95 Å². The number of nitrogens with one attached hydrogen (secondary N) is 2. The molecule has 3 heterocycles. The first-order valence-corrected chi connectivity index (χ1v) is 10.5. The van der Waals surface area contributed by atoms with Crippen molar-refractivity contribution in [3.63, 3.8) is 0 Å². The first-order chi connectivity index (χ1) is 14.7. The standard InChI is InChI=1S/C22H28N6O2/c29-20(30)15-23-11-14-28-21-19(7-4-10-24-21)26-22(28)25-18-8-12-27(13-9-18)16-17-5-2-1-3-6-17/h1-7,10,18,23H,8-9,11-16H2,(H,25,26)(H,29,30). The lowest BCUT2D eigenvalue weighted by molar-refractivity contribution is -0.135. The molecule has 4 rings (SSSR count). The Morgan fingerprint density at radius 3 is 2.70 bits per heavy atom. The number of imidazole rings is 1. The van der Waals surface area contributed by atoms with E-state index in [1.165, 1.54) is 5.56 Å². The van der Waals surface area contributed by atoms with E-state index in [1.807, 2.05) is 16.7 Å². The molecule has 1 aliphatic rings. The van der Waals surface area contributed by atoms with E-state index < -0.39 is 5.97 Å². The summed E-state index contributed by atoms with van der Waals surface area (Å²) in [5.74, 6) is -0.0495. The summed E-state index contributed by atoms with van der Waals surface area (Å²) in [4.78, 5) is 22.4. The van der Waals surface area contributed by atoms with E-state index in [2.05, 4.69) is 50.8 Å². The molecule has 3 N–H and O–H groups in total. The third kappa shape index (κ3) is 5.14. The average molecular weight is 409 g/mol. The fourth-order valence-corrected chi connectivity index (χ4v) is 3.93. The summed E-state index contributed by atoms with van der Waals surface area (Å²) in [6.07, 6.45) is 3.87. The van der Waals surface area contributed by atoms with Gasteiger partial charge in [-0.15, -0.1) is 0 Å². The zero-order valence-corrected chi connectivity index (χ0v) is 17.0. The van der Waals surface area contributed by atoms with E-state index in [4.69, 9.17) is 10.1 Å². The normalized spacial score (nSPS) is 15.5. The second-order valence-electron chi connectivity index (χ2n) is 7.68. The first-order valence-electron chi connectivity index (χ1n) is 10.5. The summed E-state index contributed by atoms with van der Waals surface area (Å²) in [5, 5.41) is 15.4. The van der Waals surface area contributed by atoms with Gasteiger partial charge in [0, 0.05) is 45.0 Å². The van der Waals surface area contributed by atoms with Gasteiger partial charge in [-0.05, 0) is 30.5 Å². The molecule has 1 aliphatic heterocycles. The molecule has 0 radical (unpaired) electrons. The van der Waals surface area contributed by atoms with Crippen molar-refractivity contribution in [1.29, 1.82) is 0 Å². The molecule has 1 fully saturated rings. The van der Waals surface area contributed by atoms with Crippen LogP contribution in [0.25, 0.3) is 11.2 Å². The van der Waals surface area contributed by atoms with Crippen LogP contribution in [0.15, 0.2) is 48.7 Å². The van der Waals surface area contributed by atoms with E-state index in [0.717, 1.165) is 49.6 Å². The Labute approximate surface area is 175 Å². The third-order valence-electron chi connectivity index (χ3n) is 5.46. The van der Waals surface area contributed by atoms with Gasteiger partial charge < -0.3 is 15.7 Å². The highest BCUT2D eigenvalue weighted by molar-refractivity contribution is 5.74. The number of fused-ring (bicyclic) bond motifs is 1. The molecule has 1 saturated heterocycles. The molecule has 1 aromatic carbocycles. The largest absolute Gasteiger partial charge is 0.480 e. The number of nitrogens with zero attached hydrogens (tertiary/aromatic N) is 4. The molecule has 3 aromatic rings. The molecule has 0 unspecified atom stereocenters. The number of likely N-dealkylation sites (tertiary alicyclic amines) is 1. The van der Waals surface area contributed by atoms with Gasteiger partial charge in [0.25, 0.3) is 0 Å². The average Bonchev–Trinajstić information content (AvgIpc) is 3.10. The lowest BCUT2D eigenvalue weighted by Gasteiger charge is -2.32. The van der Waals surface area contributed by atoms with E-state index in [-0.39, 0.29) is 6.54 Å². The van der Waals surface area contributed by atoms with Crippen LogP contribution in [0.4, 0.5) is 5.95 Å². The maximum atomic E-state index is 10.7. The molecule has 0 aliphatic carbocycles. The number of hydrogen-bond donors (Lipinski definition) is 3. The highest BCUT2D eigenvalue weighted by Crippen LogP contribution is 2.21. The number of carboxylic acid groups (broad SMARTS) is 1. The number of pyridine rings is 1. The van der Waals surface area contributed by atoms with Gasteiger partial charge in [0.15, 0.2) is 5.65 Å². The van der Waals surface area contributed by atoms with Crippen molar-refractivity contribution >= 4 is 23.1 Å². The third-order valence-corrected chi connectivity index (χ3v) is 5.46. The number of aromatic nitrogens is 3. The van der Waals surface area contributed by atoms with Crippen molar-refractivity contribution in [2.75, 3.05) is 31.5 Å². The Hall–Kier alpha value is -2.97. The van der Waals surface area contributed by atoms with Crippen molar-refractivity contribution in [3.8, 4) is 0 Å². The highest BCUT2D eigenvalue weighted by atomic mass is 16.4. The topological polar surface area (TPSA) is 95.3 Å². The molecule has 8 nitrogen and oxygen atoms in total. The molecule has 30 heavy (non-hydrogen) atoms. The molecule has 0 amide bonds. The van der Waals surface area contributed by atoms with Crippen LogP contribution >= 0.6 is 0 Å². The maximum Gasteiger partial charge on any atom is 0.317 e. The lowest BCUT2D eigenvalue weighted by atomic mass is 10.0. The van der Waals surface area contributed by atoms with E-state index in [1.54, 1.807) is 6.20 Å². The monoisotopic (exact) mass is 408 g/mol. The molecular formula is C22H28N6O2. The Bertz CT molecular complexity index is 966. The predicted octanol–water partition coefficient (Wildman–Crippen LogP) is 2.18. The maximum absolute atomic E-state index is 10.7. The summed E-state index contributed by atoms with van der Waals surface area (Å²) < 4.78 is 2.04. The fourth-order valence-electron chi connectivity index (χ4n) is 3.93. The Kier molecular flexibility index (Phi) is 6.56. The molecular weight excluding hydrogens is 380 g/mol. The van der Waals surface area contributed by atoms with Crippen LogP contribution < -0.4 is 10.6 Å². The molecule has 2 aromatic heterocycles. The van der Waals surface area contributed by atoms with Gasteiger partial charge >= 0.3 is 5.97 Å². The number of benzene rings is 1. The minimum absolute atomic E-state index is 0.0529. The summed E-state index contributed by atoms with van der Waals surface area (Å²) in [6.45, 7) is 4.18. The highest BCUT2D eigenvalue weighted by Gasteiger charge is 2.21. The molecule has 0 saturated carbocycles. The van der Waals surface area contributed by atoms with Crippen molar-refractivity contribution < 1.29 is 9.90 Å². The molecule has 0 bridgehead atoms. The lowest BCUT2D eigenvalue weighted by Crippen LogP contribution is -2.39. The number of carbonyl (C=O) groups is 1. The number of rotatable bonds is 9. The summed E-state index contributed by atoms with van der Waals surface area (Å²) in [6, 6.07) is 14.8. The van der Waals surface area contributed by atoms with Crippen LogP contribution in [0.3, 0.4) is 0 Å². The molecule has 8 heteroatoms. The van der Waals surface area contributed by atoms with Crippen LogP contribution in [0.5, 0.6) is 0 Å². The minimum atomic E-state index is -0.857. The second kappa shape index (κ2) is 9.69. The fraction of sp³-hybridized carbons (Fsp3) is 0.409. The van der Waals surface area contributed by atoms with E-state index in [0.29, 0.717) is 19.1 Å². The van der Waals surface area contributed by atoms with Crippen molar-refractivity contribution in [2.45, 2.75) is 32.0 Å². The van der Waals surface area contributed by atoms with Gasteiger partial charge in [-0.25, -0.2) is 9.97 Å². The summed E-state index contributed by atoms with van der Waals surface area (Å²) in [7, 11) is 0. The second-order valence-corrected chi connectivity index (χ2v) is 7.68. The molecule has 158 valence electrons. The first kappa shape index (κ1) is 20.3. The van der Waals surface area contributed by atoms with Crippen LogP contribution in [0.2, 0.25) is 0 Å². The molecule has 0 atom stereocenters. The number of anilines is 1. The number of carboxylic acids is 1. The summed E-state index contributed by atoms with van der Waals surface area (Å²) >= 11 is 0. The number of aliphatic carboxylic acids is 1. The van der Waals surface area contributed by atoms with Gasteiger partial charge in [-0.2, -0.15) is 0 Å². The zero-order valence-electron chi connectivity index (χ0n) is 17.0. The van der Waals surface area contributed by atoms with Gasteiger partial charge in [-0.1, -0.05) is 30.3 Å². The Morgan fingerprint density at radius 2 is 1.93 bits per heavy atom. The van der Waals surface area contributed by atoms with Gasteiger partial charge in [0.1, 0.15) is 5.52 Å². The predicted molar refractivity (Wildman–Crippen MR) is 116 cm³/mol. The van der Waals surface area contributed by atoms with Crippen molar-refractivity contribution in [1.82, 2.24) is 24.8 Å². The van der Waals surface area contributed by atoms with Crippen LogP contribution in [0.1, 0.15) is 18.4 Å². The van der Waals surface area contributed by atoms with E-state index >= 15 is 0 Å². The number of piperidine rings is 1. The quantitative estimate of drug-likeness (QED) is 0.467. The smallest absolute Gasteiger partial charge is 0.317 e. The van der Waals surface area contributed by atoms with Gasteiger partial charge in [-0.3, -0.25) is 14.3 Å². The van der Waals surface area contributed by atoms with Crippen molar-refractivity contribution in [2.24, 2.45) is 0 Å². The SMILES string of the molecule is O=C(O)CNCCn1c(NC2CCN(Cc3ccccc3)CC2)nc2cccnc21. The van der Waals surface area contributed by atoms with E-state index in [9.17, 15) is 4.79 Å². The minimum Gasteiger partial charge on any atom is -0.480 e. The van der Waals surface area contributed by atoms with Crippen molar-refractivity contribution in [3.05, 3.63) is 54.2 Å². The molecule has 0 spiro atoms. The van der Waals surface area contributed by atoms with Gasteiger partial charge in [0.05, 0.1) is 6.54 Å².